The predicted octanol–water partition coefficient (Wildman–Crippen LogP) is 4.62. The van der Waals surface area contributed by atoms with Crippen LogP contribution in [0.5, 0.6) is 0 Å². The zero-order chi connectivity index (χ0) is 27.4. The van der Waals surface area contributed by atoms with Gasteiger partial charge in [-0.25, -0.2) is 9.78 Å². The van der Waals surface area contributed by atoms with Crippen molar-refractivity contribution in [2.24, 2.45) is 5.92 Å². The molecule has 1 saturated heterocycles. The van der Waals surface area contributed by atoms with E-state index in [9.17, 15) is 14.4 Å². The number of aromatic amines is 1. The normalized spacial score (nSPS) is 17.9. The number of carbonyl (C=O) groups is 3. The molecule has 2 N–H and O–H groups in total. The molecule has 0 saturated carbocycles. The first kappa shape index (κ1) is 27.1. The van der Waals surface area contributed by atoms with E-state index in [0.29, 0.717) is 24.4 Å². The predicted molar refractivity (Wildman–Crippen MR) is 143 cm³/mol. The molecule has 3 aromatic rings. The maximum Gasteiger partial charge on any atom is 0.407 e. The van der Waals surface area contributed by atoms with Gasteiger partial charge in [0.2, 0.25) is 5.91 Å². The van der Waals surface area contributed by atoms with E-state index < -0.39 is 12.1 Å². The molecular formula is C29H34N4O5. The number of H-pyrrole nitrogens is 1. The van der Waals surface area contributed by atoms with Crippen molar-refractivity contribution < 1.29 is 23.9 Å². The second-order valence-electron chi connectivity index (χ2n) is 9.85. The lowest BCUT2D eigenvalue weighted by Crippen LogP contribution is -2.51. The lowest BCUT2D eigenvalue weighted by molar-refractivity contribution is -0.135. The van der Waals surface area contributed by atoms with Crippen LogP contribution in [0, 0.1) is 5.92 Å². The number of carbonyl (C=O) groups excluding carboxylic acids is 3. The highest BCUT2D eigenvalue weighted by Gasteiger charge is 2.41. The Kier molecular flexibility index (Phi) is 8.26. The Balaban J connectivity index is 1.54. The van der Waals surface area contributed by atoms with Gasteiger partial charge in [-0.3, -0.25) is 9.59 Å². The summed E-state index contributed by atoms with van der Waals surface area (Å²) in [5.74, 6) is 0.374. The van der Waals surface area contributed by atoms with E-state index in [1.807, 2.05) is 62.4 Å². The molecule has 1 aliphatic heterocycles. The maximum atomic E-state index is 13.5. The van der Waals surface area contributed by atoms with Crippen LogP contribution < -0.4 is 5.32 Å². The molecular weight excluding hydrogens is 484 g/mol. The molecule has 9 nitrogen and oxygen atoms in total. The molecule has 2 amide bonds. The standard InChI is InChI=1S/C29H34N4O5/c1-17(2)26(32-29(36)38-5)28(35)33-16-23(37-4)14-25(33)27-30-15-24(31-27)22-12-10-21(11-13-22)20-8-6-19(7-9-20)18(3)34/h6-13,15,17,23,25-26H,14,16H2,1-5H3,(H,30,31)(H,32,36)/t23-,25-,26-/m0/s1. The molecule has 200 valence electrons. The lowest BCUT2D eigenvalue weighted by atomic mass is 10.0. The average Bonchev–Trinajstić information content (AvgIpc) is 3.59. The summed E-state index contributed by atoms with van der Waals surface area (Å²) in [5, 5.41) is 2.67. The van der Waals surface area contributed by atoms with Crippen LogP contribution in [0.15, 0.2) is 54.7 Å². The van der Waals surface area contributed by atoms with E-state index in [4.69, 9.17) is 9.47 Å². The van der Waals surface area contributed by atoms with Gasteiger partial charge in [0.05, 0.1) is 31.1 Å². The number of aromatic nitrogens is 2. The number of alkyl carbamates (subject to hydrolysis) is 1. The molecule has 0 bridgehead atoms. The molecule has 3 atom stereocenters. The Labute approximate surface area is 222 Å². The summed E-state index contributed by atoms with van der Waals surface area (Å²) >= 11 is 0. The molecule has 0 aliphatic carbocycles. The van der Waals surface area contributed by atoms with Crippen molar-refractivity contribution >= 4 is 17.8 Å². The van der Waals surface area contributed by atoms with Gasteiger partial charge in [0.15, 0.2) is 5.78 Å². The van der Waals surface area contributed by atoms with E-state index in [0.717, 1.165) is 22.4 Å². The summed E-state index contributed by atoms with van der Waals surface area (Å²) in [5.41, 5.74) is 4.54. The third-order valence-electron chi connectivity index (χ3n) is 7.00. The number of amides is 2. The smallest absolute Gasteiger partial charge is 0.407 e. The Morgan fingerprint density at radius 3 is 2.16 bits per heavy atom. The number of ether oxygens (including phenoxy) is 2. The van der Waals surface area contributed by atoms with E-state index in [-0.39, 0.29) is 29.8 Å². The molecule has 2 aromatic carbocycles. The van der Waals surface area contributed by atoms with Crippen molar-refractivity contribution in [2.75, 3.05) is 20.8 Å². The van der Waals surface area contributed by atoms with E-state index in [1.54, 1.807) is 25.1 Å². The molecule has 1 fully saturated rings. The largest absolute Gasteiger partial charge is 0.453 e. The van der Waals surface area contributed by atoms with E-state index >= 15 is 0 Å². The summed E-state index contributed by atoms with van der Waals surface area (Å²) < 4.78 is 10.3. The van der Waals surface area contributed by atoms with E-state index in [1.165, 1.54) is 7.11 Å². The van der Waals surface area contributed by atoms with Gasteiger partial charge >= 0.3 is 6.09 Å². The van der Waals surface area contributed by atoms with Crippen molar-refractivity contribution in [3.63, 3.8) is 0 Å². The molecule has 2 heterocycles. The van der Waals surface area contributed by atoms with Gasteiger partial charge in [0.25, 0.3) is 0 Å². The molecule has 1 aromatic heterocycles. The molecule has 1 aliphatic rings. The first-order chi connectivity index (χ1) is 18.2. The number of likely N-dealkylation sites (tertiary alicyclic amines) is 1. The highest BCUT2D eigenvalue weighted by Crippen LogP contribution is 2.34. The Morgan fingerprint density at radius 2 is 1.61 bits per heavy atom. The zero-order valence-corrected chi connectivity index (χ0v) is 22.4. The molecule has 0 radical (unpaired) electrons. The number of nitrogens with zero attached hydrogens (tertiary/aromatic N) is 2. The maximum absolute atomic E-state index is 13.5. The Hall–Kier alpha value is -3.98. The summed E-state index contributed by atoms with van der Waals surface area (Å²) in [6.07, 6.45) is 1.57. The van der Waals surface area contributed by atoms with Gasteiger partial charge in [-0.1, -0.05) is 62.4 Å². The number of methoxy groups -OCH3 is 2. The molecule has 0 unspecified atom stereocenters. The van der Waals surface area contributed by atoms with Gasteiger partial charge in [-0.15, -0.1) is 0 Å². The third-order valence-corrected chi connectivity index (χ3v) is 7.00. The molecule has 0 spiro atoms. The van der Waals surface area contributed by atoms with Crippen molar-refractivity contribution in [1.29, 1.82) is 0 Å². The summed E-state index contributed by atoms with van der Waals surface area (Å²) in [6, 6.07) is 14.6. The third kappa shape index (κ3) is 5.78. The fraction of sp³-hybridized carbons (Fsp3) is 0.379. The second kappa shape index (κ2) is 11.6. The van der Waals surface area contributed by atoms with Crippen LogP contribution in [0.3, 0.4) is 0 Å². The van der Waals surface area contributed by atoms with E-state index in [2.05, 4.69) is 15.3 Å². The van der Waals surface area contributed by atoms with Crippen LogP contribution in [-0.4, -0.2) is 65.6 Å². The Bertz CT molecular complexity index is 1280. The van der Waals surface area contributed by atoms with Crippen molar-refractivity contribution in [1.82, 2.24) is 20.2 Å². The van der Waals surface area contributed by atoms with Crippen LogP contribution in [0.4, 0.5) is 4.79 Å². The van der Waals surface area contributed by atoms with Gasteiger partial charge in [-0.05, 0) is 29.5 Å². The van der Waals surface area contributed by atoms with Crippen LogP contribution in [-0.2, 0) is 14.3 Å². The minimum atomic E-state index is -0.730. The SMILES string of the molecule is COC(=O)N[C@H](C(=O)N1C[C@@H](OC)C[C@H]1c1ncc(-c2ccc(-c3ccc(C(C)=O)cc3)cc2)[nH]1)C(C)C. The number of benzene rings is 2. The number of Topliss-reactive ketones (excluding diaryl/α,β-unsaturated/α-hetero) is 1. The Morgan fingerprint density at radius 1 is 1.00 bits per heavy atom. The topological polar surface area (TPSA) is 114 Å². The first-order valence-corrected chi connectivity index (χ1v) is 12.7. The second-order valence-corrected chi connectivity index (χ2v) is 9.85. The number of hydrogen-bond donors (Lipinski definition) is 2. The van der Waals surface area contributed by atoms with Crippen LogP contribution >= 0.6 is 0 Å². The monoisotopic (exact) mass is 518 g/mol. The number of ketones is 1. The zero-order valence-electron chi connectivity index (χ0n) is 22.4. The van der Waals surface area contributed by atoms with Gasteiger partial charge in [0, 0.05) is 25.6 Å². The molecule has 4 rings (SSSR count). The number of nitrogens with one attached hydrogen (secondary N) is 2. The van der Waals surface area contributed by atoms with Crippen molar-refractivity contribution in [3.8, 4) is 22.4 Å². The molecule has 38 heavy (non-hydrogen) atoms. The summed E-state index contributed by atoms with van der Waals surface area (Å²) in [6.45, 7) is 5.72. The average molecular weight is 519 g/mol. The number of rotatable bonds is 8. The van der Waals surface area contributed by atoms with Crippen LogP contribution in [0.1, 0.15) is 49.4 Å². The van der Waals surface area contributed by atoms with Gasteiger partial charge < -0.3 is 24.7 Å². The summed E-state index contributed by atoms with van der Waals surface area (Å²) in [4.78, 5) is 46.7. The summed E-state index contributed by atoms with van der Waals surface area (Å²) in [7, 11) is 2.91. The quantitative estimate of drug-likeness (QED) is 0.421. The fourth-order valence-electron chi connectivity index (χ4n) is 4.74. The van der Waals surface area contributed by atoms with Crippen LogP contribution in [0.25, 0.3) is 22.4 Å². The van der Waals surface area contributed by atoms with Crippen LogP contribution in [0.2, 0.25) is 0 Å². The minimum absolute atomic E-state index is 0.0424. The van der Waals surface area contributed by atoms with Gasteiger partial charge in [0.1, 0.15) is 11.9 Å². The molecule has 9 heteroatoms. The highest BCUT2D eigenvalue weighted by atomic mass is 16.5. The fourth-order valence-corrected chi connectivity index (χ4v) is 4.74. The van der Waals surface area contributed by atoms with Crippen molar-refractivity contribution in [3.05, 3.63) is 66.1 Å². The lowest BCUT2D eigenvalue weighted by Gasteiger charge is -2.29. The highest BCUT2D eigenvalue weighted by molar-refractivity contribution is 5.94. The minimum Gasteiger partial charge on any atom is -0.453 e. The number of hydrogen-bond acceptors (Lipinski definition) is 6. The number of imidazole rings is 1. The van der Waals surface area contributed by atoms with Crippen molar-refractivity contribution in [2.45, 2.75) is 45.4 Å². The first-order valence-electron chi connectivity index (χ1n) is 12.7. The van der Waals surface area contributed by atoms with Gasteiger partial charge in [-0.2, -0.15) is 0 Å².